The van der Waals surface area contributed by atoms with Gasteiger partial charge in [-0.3, -0.25) is 0 Å². The van der Waals surface area contributed by atoms with Gasteiger partial charge in [0.15, 0.2) is 0 Å². The fourth-order valence-electron chi connectivity index (χ4n) is 2.66. The Kier molecular flexibility index (Phi) is 4.86. The summed E-state index contributed by atoms with van der Waals surface area (Å²) in [6, 6.07) is 17.3. The van der Waals surface area contributed by atoms with Crippen molar-refractivity contribution in [3.63, 3.8) is 0 Å². The predicted octanol–water partition coefficient (Wildman–Crippen LogP) is 5.04. The molecule has 0 unspecified atom stereocenters. The quantitative estimate of drug-likeness (QED) is 0.779. The van der Waals surface area contributed by atoms with Crippen LogP contribution in [0.1, 0.15) is 64.3 Å². The fourth-order valence-corrected chi connectivity index (χ4v) is 2.66. The van der Waals surface area contributed by atoms with Crippen LogP contribution in [0, 0.1) is 0 Å². The Morgan fingerprint density at radius 3 is 1.57 bits per heavy atom. The maximum Gasteiger partial charge on any atom is 0.0580 e. The van der Waals surface area contributed by atoms with Gasteiger partial charge in [-0.15, -0.1) is 0 Å². The average molecular weight is 310 g/mol. The zero-order valence-corrected chi connectivity index (χ0v) is 15.3. The van der Waals surface area contributed by atoms with Crippen LogP contribution in [0.5, 0.6) is 0 Å². The van der Waals surface area contributed by atoms with Gasteiger partial charge in [0.2, 0.25) is 0 Å². The Balaban J connectivity index is 2.39. The van der Waals surface area contributed by atoms with Crippen molar-refractivity contribution < 1.29 is 0 Å². The molecule has 0 bridgehead atoms. The van der Waals surface area contributed by atoms with Gasteiger partial charge < -0.3 is 11.1 Å². The van der Waals surface area contributed by atoms with Gasteiger partial charge in [-0.25, -0.2) is 0 Å². The van der Waals surface area contributed by atoms with E-state index in [0.717, 1.165) is 5.69 Å². The molecule has 23 heavy (non-hydrogen) atoms. The number of hydrogen-bond donors (Lipinski definition) is 2. The Hall–Kier alpha value is -1.80. The van der Waals surface area contributed by atoms with E-state index in [2.05, 4.69) is 83.3 Å². The van der Waals surface area contributed by atoms with Gasteiger partial charge in [0.1, 0.15) is 0 Å². The van der Waals surface area contributed by atoms with Crippen LogP contribution in [0.2, 0.25) is 0 Å². The van der Waals surface area contributed by atoms with Crippen LogP contribution < -0.4 is 11.1 Å². The van der Waals surface area contributed by atoms with E-state index in [1.165, 1.54) is 16.7 Å². The Bertz CT molecular complexity index is 626. The van der Waals surface area contributed by atoms with Crippen molar-refractivity contribution >= 4 is 5.69 Å². The third-order valence-corrected chi connectivity index (χ3v) is 3.96. The first-order valence-electron chi connectivity index (χ1n) is 8.30. The second-order valence-corrected chi connectivity index (χ2v) is 8.37. The summed E-state index contributed by atoms with van der Waals surface area (Å²) < 4.78 is 0. The summed E-state index contributed by atoms with van der Waals surface area (Å²) in [6.45, 7) is 13.3. The van der Waals surface area contributed by atoms with Crippen LogP contribution in [0.4, 0.5) is 5.69 Å². The summed E-state index contributed by atoms with van der Waals surface area (Å²) in [5.41, 5.74) is 10.7. The second-order valence-electron chi connectivity index (χ2n) is 8.37. The number of hydrogen-bond acceptors (Lipinski definition) is 2. The van der Waals surface area contributed by atoms with E-state index in [1.54, 1.807) is 0 Å². The SMILES string of the molecule is CC(C)(C)N[C@@H](c1ccc(N)cc1)c1ccc(C(C)(C)C)cc1. The first-order chi connectivity index (χ1) is 10.6. The minimum absolute atomic E-state index is 0.0226. The molecule has 0 saturated carbocycles. The predicted molar refractivity (Wildman–Crippen MR) is 101 cm³/mol. The number of nitrogens with one attached hydrogen (secondary N) is 1. The van der Waals surface area contributed by atoms with Crippen LogP contribution in [0.25, 0.3) is 0 Å². The first-order valence-corrected chi connectivity index (χ1v) is 8.30. The minimum atomic E-state index is 0.0226. The molecule has 0 aliphatic carbocycles. The van der Waals surface area contributed by atoms with Crippen molar-refractivity contribution in [2.45, 2.75) is 58.5 Å². The van der Waals surface area contributed by atoms with Gasteiger partial charge in [-0.1, -0.05) is 57.2 Å². The molecule has 2 aromatic rings. The molecule has 3 N–H and O–H groups in total. The number of nitrogen functional groups attached to an aromatic ring is 1. The van der Waals surface area contributed by atoms with E-state index >= 15 is 0 Å². The maximum absolute atomic E-state index is 5.84. The largest absolute Gasteiger partial charge is 0.399 e. The zero-order chi connectivity index (χ0) is 17.3. The van der Waals surface area contributed by atoms with E-state index in [9.17, 15) is 0 Å². The van der Waals surface area contributed by atoms with Crippen molar-refractivity contribution in [1.82, 2.24) is 5.32 Å². The first kappa shape index (κ1) is 17.6. The molecule has 0 aromatic heterocycles. The molecule has 0 saturated heterocycles. The Labute approximate surface area is 141 Å². The van der Waals surface area contributed by atoms with Crippen LogP contribution in [0.3, 0.4) is 0 Å². The molecule has 0 spiro atoms. The lowest BCUT2D eigenvalue weighted by Crippen LogP contribution is -2.39. The molecule has 0 amide bonds. The van der Waals surface area contributed by atoms with E-state index in [-0.39, 0.29) is 17.0 Å². The van der Waals surface area contributed by atoms with Gasteiger partial charge in [-0.05, 0) is 55.0 Å². The minimum Gasteiger partial charge on any atom is -0.399 e. The van der Waals surface area contributed by atoms with Crippen molar-refractivity contribution in [3.05, 3.63) is 65.2 Å². The molecule has 2 rings (SSSR count). The molecule has 0 radical (unpaired) electrons. The molecule has 1 atom stereocenters. The van der Waals surface area contributed by atoms with Crippen molar-refractivity contribution in [1.29, 1.82) is 0 Å². The highest BCUT2D eigenvalue weighted by Gasteiger charge is 2.21. The van der Waals surface area contributed by atoms with Gasteiger partial charge in [0.25, 0.3) is 0 Å². The van der Waals surface area contributed by atoms with E-state index in [0.29, 0.717) is 0 Å². The van der Waals surface area contributed by atoms with Crippen LogP contribution in [0.15, 0.2) is 48.5 Å². The zero-order valence-electron chi connectivity index (χ0n) is 15.3. The van der Waals surface area contributed by atoms with Gasteiger partial charge in [0.05, 0.1) is 6.04 Å². The van der Waals surface area contributed by atoms with Gasteiger partial charge in [-0.2, -0.15) is 0 Å². The van der Waals surface area contributed by atoms with Crippen LogP contribution >= 0.6 is 0 Å². The second kappa shape index (κ2) is 6.37. The number of benzene rings is 2. The van der Waals surface area contributed by atoms with Crippen LogP contribution in [-0.4, -0.2) is 5.54 Å². The number of rotatable bonds is 3. The lowest BCUT2D eigenvalue weighted by atomic mass is 9.85. The summed E-state index contributed by atoms with van der Waals surface area (Å²) in [6.07, 6.45) is 0. The van der Waals surface area contributed by atoms with E-state index in [4.69, 9.17) is 5.73 Å². The Morgan fingerprint density at radius 1 is 0.739 bits per heavy atom. The summed E-state index contributed by atoms with van der Waals surface area (Å²) in [4.78, 5) is 0. The highest BCUT2D eigenvalue weighted by Crippen LogP contribution is 2.28. The topological polar surface area (TPSA) is 38.0 Å². The van der Waals surface area contributed by atoms with E-state index in [1.807, 2.05) is 12.1 Å². The number of nitrogens with two attached hydrogens (primary N) is 1. The summed E-state index contributed by atoms with van der Waals surface area (Å²) in [7, 11) is 0. The molecule has 2 aromatic carbocycles. The standard InChI is InChI=1S/C21H30N2/c1-20(2,3)17-11-7-15(8-12-17)19(23-21(4,5)6)16-9-13-18(22)14-10-16/h7-14,19,23H,22H2,1-6H3/t19-/m1/s1. The molecule has 0 aliphatic heterocycles. The van der Waals surface area contributed by atoms with Crippen LogP contribution in [-0.2, 0) is 5.41 Å². The maximum atomic E-state index is 5.84. The molecule has 2 heteroatoms. The van der Waals surface area contributed by atoms with E-state index < -0.39 is 0 Å². The molecular weight excluding hydrogens is 280 g/mol. The van der Waals surface area contributed by atoms with Crippen molar-refractivity contribution in [2.75, 3.05) is 5.73 Å². The van der Waals surface area contributed by atoms with Gasteiger partial charge in [0, 0.05) is 11.2 Å². The average Bonchev–Trinajstić information content (AvgIpc) is 2.44. The molecule has 124 valence electrons. The lowest BCUT2D eigenvalue weighted by molar-refractivity contribution is 0.391. The molecule has 0 aliphatic rings. The van der Waals surface area contributed by atoms with Crippen molar-refractivity contribution in [2.24, 2.45) is 0 Å². The van der Waals surface area contributed by atoms with Crippen molar-refractivity contribution in [3.8, 4) is 0 Å². The fraction of sp³-hybridized carbons (Fsp3) is 0.429. The third kappa shape index (κ3) is 4.84. The molecular formula is C21H30N2. The Morgan fingerprint density at radius 2 is 1.17 bits per heavy atom. The summed E-state index contributed by atoms with van der Waals surface area (Å²) in [5, 5.41) is 3.73. The molecule has 0 fully saturated rings. The highest BCUT2D eigenvalue weighted by molar-refractivity contribution is 5.43. The highest BCUT2D eigenvalue weighted by atomic mass is 15.0. The molecule has 2 nitrogen and oxygen atoms in total. The smallest absolute Gasteiger partial charge is 0.0580 e. The normalized spacial score (nSPS) is 13.8. The monoisotopic (exact) mass is 310 g/mol. The molecule has 0 heterocycles. The lowest BCUT2D eigenvalue weighted by Gasteiger charge is -2.30. The van der Waals surface area contributed by atoms with Gasteiger partial charge >= 0.3 is 0 Å². The number of anilines is 1. The third-order valence-electron chi connectivity index (χ3n) is 3.96. The summed E-state index contributed by atoms with van der Waals surface area (Å²) in [5.74, 6) is 0. The summed E-state index contributed by atoms with van der Waals surface area (Å²) >= 11 is 0.